The number of fused-ring (bicyclic) bond motifs is 1. The number of thioether (sulfide) groups is 1. The van der Waals surface area contributed by atoms with Crippen molar-refractivity contribution in [1.29, 1.82) is 0 Å². The molecule has 2 aromatic carbocycles. The van der Waals surface area contributed by atoms with Crippen molar-refractivity contribution in [2.24, 2.45) is 0 Å². The highest BCUT2D eigenvalue weighted by Crippen LogP contribution is 2.36. The first-order valence-electron chi connectivity index (χ1n) is 10.3. The highest BCUT2D eigenvalue weighted by atomic mass is 32.2. The number of hydrogen-bond acceptors (Lipinski definition) is 8. The van der Waals surface area contributed by atoms with E-state index in [2.05, 4.69) is 32.5 Å². The van der Waals surface area contributed by atoms with E-state index in [0.29, 0.717) is 22.6 Å². The molecule has 1 amide bonds. The zero-order valence-corrected chi connectivity index (χ0v) is 17.7. The zero-order chi connectivity index (χ0) is 21.0. The van der Waals surface area contributed by atoms with Crippen LogP contribution in [0.15, 0.2) is 52.1 Å². The van der Waals surface area contributed by atoms with E-state index in [1.165, 1.54) is 36.7 Å². The molecule has 1 aromatic heterocycles. The number of rotatable bonds is 6. The lowest BCUT2D eigenvalue weighted by molar-refractivity contribution is -0.113. The van der Waals surface area contributed by atoms with Crippen molar-refractivity contribution in [3.63, 3.8) is 0 Å². The summed E-state index contributed by atoms with van der Waals surface area (Å²) in [5.74, 6) is 1.76. The number of nitrogens with one attached hydrogen (secondary N) is 1. The van der Waals surface area contributed by atoms with Gasteiger partial charge < -0.3 is 24.1 Å². The van der Waals surface area contributed by atoms with Crippen molar-refractivity contribution < 1.29 is 18.7 Å². The van der Waals surface area contributed by atoms with Crippen molar-refractivity contribution in [1.82, 2.24) is 10.2 Å². The lowest BCUT2D eigenvalue weighted by atomic mass is 10.1. The molecule has 1 fully saturated rings. The molecule has 5 rings (SSSR count). The first kappa shape index (κ1) is 19.7. The molecule has 0 aliphatic carbocycles. The normalized spacial score (nSPS) is 15.2. The molecule has 2 aliphatic heterocycles. The lowest BCUT2D eigenvalue weighted by Crippen LogP contribution is -2.29. The predicted octanol–water partition coefficient (Wildman–Crippen LogP) is 4.19. The summed E-state index contributed by atoms with van der Waals surface area (Å²) in [7, 11) is 0. The van der Waals surface area contributed by atoms with Crippen LogP contribution in [0.1, 0.15) is 19.3 Å². The predicted molar refractivity (Wildman–Crippen MR) is 118 cm³/mol. The summed E-state index contributed by atoms with van der Waals surface area (Å²) in [6.07, 6.45) is 3.78. The van der Waals surface area contributed by atoms with Gasteiger partial charge in [0, 0.05) is 30.0 Å². The molecule has 3 aromatic rings. The summed E-state index contributed by atoms with van der Waals surface area (Å²) >= 11 is 1.20. The number of amides is 1. The van der Waals surface area contributed by atoms with E-state index in [-0.39, 0.29) is 18.5 Å². The number of piperidine rings is 1. The zero-order valence-electron chi connectivity index (χ0n) is 16.9. The minimum atomic E-state index is -0.126. The van der Waals surface area contributed by atoms with Crippen LogP contribution in [0.25, 0.3) is 11.5 Å². The number of carbonyl (C=O) groups is 1. The Kier molecular flexibility index (Phi) is 5.66. The summed E-state index contributed by atoms with van der Waals surface area (Å²) < 4.78 is 16.3. The van der Waals surface area contributed by atoms with Crippen LogP contribution in [0.5, 0.6) is 11.5 Å². The van der Waals surface area contributed by atoms with Crippen LogP contribution in [0.2, 0.25) is 0 Å². The van der Waals surface area contributed by atoms with Gasteiger partial charge in [0.1, 0.15) is 0 Å². The maximum atomic E-state index is 12.3. The summed E-state index contributed by atoms with van der Waals surface area (Å²) in [6, 6.07) is 13.4. The van der Waals surface area contributed by atoms with Gasteiger partial charge in [-0.2, -0.15) is 0 Å². The Morgan fingerprint density at radius 2 is 1.81 bits per heavy atom. The van der Waals surface area contributed by atoms with Crippen LogP contribution in [0.4, 0.5) is 11.4 Å². The first-order chi connectivity index (χ1) is 15.2. The molecule has 0 saturated carbocycles. The molecule has 0 bridgehead atoms. The fourth-order valence-corrected chi connectivity index (χ4v) is 4.21. The minimum absolute atomic E-state index is 0.126. The molecule has 8 nitrogen and oxygen atoms in total. The van der Waals surface area contributed by atoms with Crippen LogP contribution in [0, 0.1) is 0 Å². The molecule has 31 heavy (non-hydrogen) atoms. The second-order valence-electron chi connectivity index (χ2n) is 7.37. The van der Waals surface area contributed by atoms with Crippen LogP contribution >= 0.6 is 11.8 Å². The third kappa shape index (κ3) is 4.61. The Morgan fingerprint density at radius 3 is 2.65 bits per heavy atom. The van der Waals surface area contributed by atoms with Crippen molar-refractivity contribution in [3.8, 4) is 23.0 Å². The number of anilines is 2. The van der Waals surface area contributed by atoms with Gasteiger partial charge in [-0.1, -0.05) is 11.8 Å². The Hall–Kier alpha value is -3.20. The van der Waals surface area contributed by atoms with Gasteiger partial charge in [-0.3, -0.25) is 4.79 Å². The monoisotopic (exact) mass is 438 g/mol. The van der Waals surface area contributed by atoms with Gasteiger partial charge in [0.05, 0.1) is 5.75 Å². The number of benzene rings is 2. The van der Waals surface area contributed by atoms with E-state index >= 15 is 0 Å². The molecule has 1 N–H and O–H groups in total. The number of nitrogens with zero attached hydrogens (tertiary/aromatic N) is 3. The fourth-order valence-electron chi connectivity index (χ4n) is 3.65. The van der Waals surface area contributed by atoms with E-state index in [0.717, 1.165) is 24.3 Å². The minimum Gasteiger partial charge on any atom is -0.454 e. The molecule has 0 spiro atoms. The van der Waals surface area contributed by atoms with E-state index in [9.17, 15) is 4.79 Å². The molecular formula is C22H22N4O4S. The fraction of sp³-hybridized carbons (Fsp3) is 0.318. The maximum Gasteiger partial charge on any atom is 0.277 e. The maximum absolute atomic E-state index is 12.3. The van der Waals surface area contributed by atoms with Gasteiger partial charge in [-0.25, -0.2) is 0 Å². The lowest BCUT2D eigenvalue weighted by Gasteiger charge is -2.28. The standard InChI is InChI=1S/C22H22N4O4S/c27-20(23-16-5-7-17(8-6-16)26-10-2-1-3-11-26)13-31-22-25-24-21(30-22)15-4-9-18-19(12-15)29-14-28-18/h4-9,12H,1-3,10-11,13-14H2,(H,23,27). The number of ether oxygens (including phenoxy) is 2. The van der Waals surface area contributed by atoms with E-state index in [1.54, 1.807) is 12.1 Å². The number of carbonyl (C=O) groups excluding carboxylic acids is 1. The average Bonchev–Trinajstić information content (AvgIpc) is 3.48. The second kappa shape index (κ2) is 8.89. The van der Waals surface area contributed by atoms with Crippen molar-refractivity contribution in [2.75, 3.05) is 35.9 Å². The van der Waals surface area contributed by atoms with Crippen molar-refractivity contribution in [3.05, 3.63) is 42.5 Å². The van der Waals surface area contributed by atoms with Gasteiger partial charge in [0.15, 0.2) is 11.5 Å². The van der Waals surface area contributed by atoms with E-state index in [1.807, 2.05) is 18.2 Å². The molecule has 0 radical (unpaired) electrons. The van der Waals surface area contributed by atoms with Gasteiger partial charge in [0.25, 0.3) is 5.22 Å². The first-order valence-corrected chi connectivity index (χ1v) is 11.2. The highest BCUT2D eigenvalue weighted by molar-refractivity contribution is 7.99. The number of hydrogen-bond donors (Lipinski definition) is 1. The van der Waals surface area contributed by atoms with Crippen LogP contribution < -0.4 is 19.7 Å². The summed E-state index contributed by atoms with van der Waals surface area (Å²) in [5, 5.41) is 11.3. The third-order valence-electron chi connectivity index (χ3n) is 5.22. The molecule has 3 heterocycles. The van der Waals surface area contributed by atoms with Crippen LogP contribution in [-0.2, 0) is 4.79 Å². The SMILES string of the molecule is O=C(CSc1nnc(-c2ccc3c(c2)OCO3)o1)Nc1ccc(N2CCCCC2)cc1. The van der Waals surface area contributed by atoms with Gasteiger partial charge in [-0.05, 0) is 61.7 Å². The van der Waals surface area contributed by atoms with E-state index in [4.69, 9.17) is 13.9 Å². The Morgan fingerprint density at radius 1 is 1.00 bits per heavy atom. The molecule has 0 atom stereocenters. The summed E-state index contributed by atoms with van der Waals surface area (Å²) in [5.41, 5.74) is 2.72. The second-order valence-corrected chi connectivity index (χ2v) is 8.30. The highest BCUT2D eigenvalue weighted by Gasteiger charge is 2.17. The molecule has 1 saturated heterocycles. The number of aromatic nitrogens is 2. The Labute approximate surface area is 183 Å². The van der Waals surface area contributed by atoms with Crippen LogP contribution in [-0.4, -0.2) is 41.7 Å². The van der Waals surface area contributed by atoms with E-state index < -0.39 is 0 Å². The quantitative estimate of drug-likeness (QED) is 0.573. The topological polar surface area (TPSA) is 89.7 Å². The third-order valence-corrected chi connectivity index (χ3v) is 6.04. The van der Waals surface area contributed by atoms with Crippen LogP contribution in [0.3, 0.4) is 0 Å². The van der Waals surface area contributed by atoms with Crippen molar-refractivity contribution >= 4 is 29.0 Å². The van der Waals surface area contributed by atoms with Crippen molar-refractivity contribution in [2.45, 2.75) is 24.5 Å². The smallest absolute Gasteiger partial charge is 0.277 e. The molecular weight excluding hydrogens is 416 g/mol. The Bertz CT molecular complexity index is 1060. The average molecular weight is 439 g/mol. The molecule has 0 unspecified atom stereocenters. The largest absolute Gasteiger partial charge is 0.454 e. The van der Waals surface area contributed by atoms with Gasteiger partial charge in [0.2, 0.25) is 18.6 Å². The van der Waals surface area contributed by atoms with Gasteiger partial charge in [-0.15, -0.1) is 10.2 Å². The summed E-state index contributed by atoms with van der Waals surface area (Å²) in [4.78, 5) is 14.7. The van der Waals surface area contributed by atoms with Gasteiger partial charge >= 0.3 is 0 Å². The molecule has 9 heteroatoms. The Balaban J connectivity index is 1.14. The molecule has 160 valence electrons. The summed E-state index contributed by atoms with van der Waals surface area (Å²) in [6.45, 7) is 2.40. The molecule has 2 aliphatic rings.